The minimum atomic E-state index is -1.04. The van der Waals surface area contributed by atoms with Crippen LogP contribution in [-0.2, 0) is 17.6 Å². The van der Waals surface area contributed by atoms with Gasteiger partial charge in [0, 0.05) is 17.3 Å². The Morgan fingerprint density at radius 3 is 2.62 bits per heavy atom. The lowest BCUT2D eigenvalue weighted by Crippen LogP contribution is -2.14. The van der Waals surface area contributed by atoms with Crippen LogP contribution in [0.25, 0.3) is 0 Å². The van der Waals surface area contributed by atoms with Gasteiger partial charge in [-0.1, -0.05) is 12.1 Å². The number of nitrogens with one attached hydrogen (secondary N) is 1. The monoisotopic (exact) mass is 325 g/mol. The summed E-state index contributed by atoms with van der Waals surface area (Å²) in [5.41, 5.74) is 3.79. The quantitative estimate of drug-likeness (QED) is 0.884. The number of anilines is 1. The average molecular weight is 325 g/mol. The number of fused-ring (bicyclic) bond motifs is 1. The molecule has 1 aliphatic carbocycles. The first kappa shape index (κ1) is 16.1. The van der Waals surface area contributed by atoms with Gasteiger partial charge in [-0.25, -0.2) is 4.79 Å². The molecule has 2 aromatic rings. The summed E-state index contributed by atoms with van der Waals surface area (Å²) >= 11 is 0. The first-order valence-corrected chi connectivity index (χ1v) is 7.99. The van der Waals surface area contributed by atoms with Crippen molar-refractivity contribution in [2.45, 2.75) is 25.7 Å². The fourth-order valence-electron chi connectivity index (χ4n) is 2.89. The SMILES string of the molecule is O=C(O)COc1cccc(NC(=O)c2ccc3c(c2)CCCC3)c1. The van der Waals surface area contributed by atoms with E-state index >= 15 is 0 Å². The largest absolute Gasteiger partial charge is 0.482 e. The van der Waals surface area contributed by atoms with Crippen molar-refractivity contribution in [3.8, 4) is 5.75 Å². The maximum Gasteiger partial charge on any atom is 0.341 e. The Morgan fingerprint density at radius 2 is 1.83 bits per heavy atom. The molecule has 0 fully saturated rings. The zero-order valence-electron chi connectivity index (χ0n) is 13.2. The Labute approximate surface area is 140 Å². The number of hydrogen-bond donors (Lipinski definition) is 2. The van der Waals surface area contributed by atoms with Crippen molar-refractivity contribution in [3.63, 3.8) is 0 Å². The second-order valence-corrected chi connectivity index (χ2v) is 5.85. The third kappa shape index (κ3) is 3.93. The fourth-order valence-corrected chi connectivity index (χ4v) is 2.89. The van der Waals surface area contributed by atoms with E-state index in [9.17, 15) is 9.59 Å². The summed E-state index contributed by atoms with van der Waals surface area (Å²) in [7, 11) is 0. The van der Waals surface area contributed by atoms with Crippen molar-refractivity contribution in [3.05, 3.63) is 59.2 Å². The summed E-state index contributed by atoms with van der Waals surface area (Å²) in [4.78, 5) is 23.0. The van der Waals surface area contributed by atoms with Crippen LogP contribution in [0.5, 0.6) is 5.75 Å². The number of ether oxygens (including phenoxy) is 1. The molecule has 0 aromatic heterocycles. The van der Waals surface area contributed by atoms with Gasteiger partial charge in [0.2, 0.25) is 0 Å². The maximum absolute atomic E-state index is 12.4. The molecule has 0 saturated carbocycles. The molecule has 0 unspecified atom stereocenters. The summed E-state index contributed by atoms with van der Waals surface area (Å²) < 4.78 is 5.12. The Balaban J connectivity index is 1.70. The molecule has 2 aromatic carbocycles. The van der Waals surface area contributed by atoms with Gasteiger partial charge in [0.1, 0.15) is 5.75 Å². The van der Waals surface area contributed by atoms with Crippen LogP contribution >= 0.6 is 0 Å². The van der Waals surface area contributed by atoms with Gasteiger partial charge in [-0.05, 0) is 61.1 Å². The minimum absolute atomic E-state index is 0.182. The van der Waals surface area contributed by atoms with E-state index in [2.05, 4.69) is 5.32 Å². The van der Waals surface area contributed by atoms with Crippen LogP contribution in [0.2, 0.25) is 0 Å². The van der Waals surface area contributed by atoms with Crippen LogP contribution in [0.4, 0.5) is 5.69 Å². The molecule has 0 radical (unpaired) electrons. The molecule has 0 bridgehead atoms. The highest BCUT2D eigenvalue weighted by atomic mass is 16.5. The van der Waals surface area contributed by atoms with E-state index in [0.29, 0.717) is 17.0 Å². The second-order valence-electron chi connectivity index (χ2n) is 5.85. The summed E-state index contributed by atoms with van der Waals surface area (Å²) in [6.45, 7) is -0.414. The van der Waals surface area contributed by atoms with Crippen molar-refractivity contribution in [2.24, 2.45) is 0 Å². The molecule has 5 heteroatoms. The van der Waals surface area contributed by atoms with Crippen molar-refractivity contribution >= 4 is 17.6 Å². The molecule has 0 spiro atoms. The van der Waals surface area contributed by atoms with Gasteiger partial charge in [-0.2, -0.15) is 0 Å². The lowest BCUT2D eigenvalue weighted by Gasteiger charge is -2.16. The van der Waals surface area contributed by atoms with E-state index in [1.807, 2.05) is 18.2 Å². The molecule has 0 heterocycles. The third-order valence-corrected chi connectivity index (χ3v) is 4.06. The van der Waals surface area contributed by atoms with Gasteiger partial charge >= 0.3 is 5.97 Å². The van der Waals surface area contributed by atoms with E-state index in [0.717, 1.165) is 12.8 Å². The first-order chi connectivity index (χ1) is 11.6. The predicted molar refractivity (Wildman–Crippen MR) is 90.6 cm³/mol. The number of rotatable bonds is 5. The van der Waals surface area contributed by atoms with Crippen molar-refractivity contribution < 1.29 is 19.4 Å². The second kappa shape index (κ2) is 7.17. The van der Waals surface area contributed by atoms with Crippen molar-refractivity contribution in [2.75, 3.05) is 11.9 Å². The van der Waals surface area contributed by atoms with Crippen LogP contribution in [0.15, 0.2) is 42.5 Å². The van der Waals surface area contributed by atoms with Crippen LogP contribution in [-0.4, -0.2) is 23.6 Å². The Bertz CT molecular complexity index is 770. The van der Waals surface area contributed by atoms with Gasteiger partial charge in [-0.15, -0.1) is 0 Å². The molecular formula is C19H19NO4. The number of benzene rings is 2. The molecule has 0 saturated heterocycles. The van der Waals surface area contributed by atoms with Crippen molar-refractivity contribution in [1.29, 1.82) is 0 Å². The standard InChI is InChI=1S/C19H19NO4/c21-18(22)12-24-17-7-3-6-16(11-17)20-19(23)15-9-8-13-4-1-2-5-14(13)10-15/h3,6-11H,1-2,4-5,12H2,(H,20,23)(H,21,22). The van der Waals surface area contributed by atoms with E-state index in [-0.39, 0.29) is 5.91 Å². The number of carbonyl (C=O) groups excluding carboxylic acids is 1. The highest BCUT2D eigenvalue weighted by Crippen LogP contribution is 2.23. The Hall–Kier alpha value is -2.82. The number of carboxylic acid groups (broad SMARTS) is 1. The molecule has 1 amide bonds. The number of carboxylic acids is 1. The number of amides is 1. The van der Waals surface area contributed by atoms with Crippen LogP contribution in [0.3, 0.4) is 0 Å². The first-order valence-electron chi connectivity index (χ1n) is 7.99. The number of carbonyl (C=O) groups is 2. The van der Waals surface area contributed by atoms with Crippen molar-refractivity contribution in [1.82, 2.24) is 0 Å². The van der Waals surface area contributed by atoms with E-state index < -0.39 is 12.6 Å². The molecule has 0 aliphatic heterocycles. The van der Waals surface area contributed by atoms with Gasteiger partial charge in [0.15, 0.2) is 6.61 Å². The lowest BCUT2D eigenvalue weighted by molar-refractivity contribution is -0.139. The average Bonchev–Trinajstić information content (AvgIpc) is 2.60. The molecule has 124 valence electrons. The summed E-state index contributed by atoms with van der Waals surface area (Å²) in [5, 5.41) is 11.5. The predicted octanol–water partition coefficient (Wildman–Crippen LogP) is 3.28. The van der Waals surface area contributed by atoms with Crippen LogP contribution < -0.4 is 10.1 Å². The highest BCUT2D eigenvalue weighted by molar-refractivity contribution is 6.04. The Kier molecular flexibility index (Phi) is 4.79. The lowest BCUT2D eigenvalue weighted by atomic mass is 9.90. The molecule has 1 aliphatic rings. The summed E-state index contributed by atoms with van der Waals surface area (Å²) in [6, 6.07) is 12.6. The number of hydrogen-bond acceptors (Lipinski definition) is 3. The molecular weight excluding hydrogens is 306 g/mol. The Morgan fingerprint density at radius 1 is 1.04 bits per heavy atom. The minimum Gasteiger partial charge on any atom is -0.482 e. The highest BCUT2D eigenvalue weighted by Gasteiger charge is 2.13. The number of aryl methyl sites for hydroxylation is 2. The summed E-state index contributed by atoms with van der Waals surface area (Å²) in [5.74, 6) is -0.821. The molecule has 3 rings (SSSR count). The third-order valence-electron chi connectivity index (χ3n) is 4.06. The van der Waals surface area contributed by atoms with Gasteiger partial charge < -0.3 is 15.2 Å². The smallest absolute Gasteiger partial charge is 0.341 e. The van der Waals surface area contributed by atoms with Gasteiger partial charge in [0.25, 0.3) is 5.91 Å². The zero-order valence-corrected chi connectivity index (χ0v) is 13.2. The normalized spacial score (nSPS) is 13.0. The molecule has 24 heavy (non-hydrogen) atoms. The van der Waals surface area contributed by atoms with Gasteiger partial charge in [-0.3, -0.25) is 4.79 Å². The molecule has 2 N–H and O–H groups in total. The zero-order chi connectivity index (χ0) is 16.9. The molecule has 5 nitrogen and oxygen atoms in total. The fraction of sp³-hybridized carbons (Fsp3) is 0.263. The van der Waals surface area contributed by atoms with Crippen LogP contribution in [0.1, 0.15) is 34.3 Å². The maximum atomic E-state index is 12.4. The summed E-state index contributed by atoms with van der Waals surface area (Å²) in [6.07, 6.45) is 4.48. The van der Waals surface area contributed by atoms with Crippen LogP contribution in [0, 0.1) is 0 Å². The topological polar surface area (TPSA) is 75.6 Å². The van der Waals surface area contributed by atoms with E-state index in [1.165, 1.54) is 24.0 Å². The van der Waals surface area contributed by atoms with Gasteiger partial charge in [0.05, 0.1) is 0 Å². The number of aliphatic carboxylic acids is 1. The molecule has 0 atom stereocenters. The van der Waals surface area contributed by atoms with E-state index in [1.54, 1.807) is 24.3 Å². The van der Waals surface area contributed by atoms with E-state index in [4.69, 9.17) is 9.84 Å².